The number of benzene rings is 1. The van der Waals surface area contributed by atoms with E-state index in [9.17, 15) is 9.50 Å². The number of nitrogens with zero attached hydrogens (tertiary/aromatic N) is 5. The number of aliphatic hydroxyl groups excluding tert-OH is 1. The topological polar surface area (TPSA) is 67.1 Å². The van der Waals surface area contributed by atoms with Gasteiger partial charge in [-0.25, -0.2) is 9.07 Å². The molecule has 140 valence electrons. The van der Waals surface area contributed by atoms with Crippen molar-refractivity contribution in [1.82, 2.24) is 24.9 Å². The highest BCUT2D eigenvalue weighted by Gasteiger charge is 2.22. The average molecular weight is 367 g/mol. The maximum absolute atomic E-state index is 13.7. The van der Waals surface area contributed by atoms with E-state index in [0.717, 1.165) is 48.6 Å². The first-order chi connectivity index (χ1) is 13.1. The number of aryl methyl sites for hydroxylation is 1. The Hall–Kier alpha value is -2.64. The first kappa shape index (κ1) is 17.8. The van der Waals surface area contributed by atoms with Crippen molar-refractivity contribution in [2.24, 2.45) is 0 Å². The van der Waals surface area contributed by atoms with Crippen LogP contribution in [0.5, 0.6) is 0 Å². The molecule has 0 radical (unpaired) electrons. The van der Waals surface area contributed by atoms with Crippen LogP contribution in [0.25, 0.3) is 16.9 Å². The number of rotatable bonds is 4. The average Bonchev–Trinajstić information content (AvgIpc) is 3.10. The Morgan fingerprint density at radius 2 is 1.89 bits per heavy atom. The van der Waals surface area contributed by atoms with Gasteiger partial charge >= 0.3 is 0 Å². The summed E-state index contributed by atoms with van der Waals surface area (Å²) < 4.78 is 15.5. The number of aromatic nitrogens is 4. The molecule has 3 aromatic rings. The van der Waals surface area contributed by atoms with Crippen LogP contribution in [0, 0.1) is 12.7 Å². The Balaban J connectivity index is 1.73. The van der Waals surface area contributed by atoms with E-state index in [1.54, 1.807) is 36.1 Å². The van der Waals surface area contributed by atoms with Crippen molar-refractivity contribution in [3.63, 3.8) is 0 Å². The van der Waals surface area contributed by atoms with Gasteiger partial charge in [0, 0.05) is 37.6 Å². The second-order valence-corrected chi connectivity index (χ2v) is 6.97. The zero-order valence-electron chi connectivity index (χ0n) is 15.2. The van der Waals surface area contributed by atoms with Gasteiger partial charge in [0.1, 0.15) is 11.5 Å². The van der Waals surface area contributed by atoms with Crippen LogP contribution in [0.4, 0.5) is 4.39 Å². The summed E-state index contributed by atoms with van der Waals surface area (Å²) in [7, 11) is 0. The summed E-state index contributed by atoms with van der Waals surface area (Å²) in [4.78, 5) is 6.38. The maximum atomic E-state index is 13.7. The van der Waals surface area contributed by atoms with Gasteiger partial charge in [-0.15, -0.1) is 5.10 Å². The lowest BCUT2D eigenvalue weighted by Crippen LogP contribution is -2.35. The summed E-state index contributed by atoms with van der Waals surface area (Å²) >= 11 is 0. The van der Waals surface area contributed by atoms with E-state index in [2.05, 4.69) is 20.2 Å². The van der Waals surface area contributed by atoms with Gasteiger partial charge < -0.3 is 5.11 Å². The van der Waals surface area contributed by atoms with Crippen molar-refractivity contribution in [1.29, 1.82) is 0 Å². The Bertz CT molecular complexity index is 919. The summed E-state index contributed by atoms with van der Waals surface area (Å²) in [5.74, 6) is -0.239. The Morgan fingerprint density at radius 1 is 1.15 bits per heavy atom. The van der Waals surface area contributed by atoms with Gasteiger partial charge in [-0.1, -0.05) is 5.21 Å². The predicted octanol–water partition coefficient (Wildman–Crippen LogP) is 2.73. The highest BCUT2D eigenvalue weighted by molar-refractivity contribution is 5.63. The molecule has 0 aliphatic carbocycles. The zero-order chi connectivity index (χ0) is 18.8. The first-order valence-corrected chi connectivity index (χ1v) is 9.14. The van der Waals surface area contributed by atoms with Gasteiger partial charge in [0.05, 0.1) is 17.5 Å². The lowest BCUT2D eigenvalue weighted by molar-refractivity contribution is 0.0787. The molecule has 1 saturated heterocycles. The molecule has 0 amide bonds. The monoisotopic (exact) mass is 367 g/mol. The molecular weight excluding hydrogens is 345 g/mol. The molecule has 6 nitrogen and oxygen atoms in total. The minimum atomic E-state index is -0.239. The van der Waals surface area contributed by atoms with Crippen molar-refractivity contribution in [2.45, 2.75) is 32.4 Å². The molecule has 7 heteroatoms. The normalized spacial score (nSPS) is 16.0. The summed E-state index contributed by atoms with van der Waals surface area (Å²) in [6.45, 7) is 4.06. The zero-order valence-corrected chi connectivity index (χ0v) is 15.2. The lowest BCUT2D eigenvalue weighted by Gasteiger charge is -2.28. The number of pyridine rings is 1. The lowest BCUT2D eigenvalue weighted by atomic mass is 10.1. The molecule has 1 aliphatic rings. The van der Waals surface area contributed by atoms with Gasteiger partial charge in [-0.3, -0.25) is 9.88 Å². The van der Waals surface area contributed by atoms with Crippen molar-refractivity contribution >= 4 is 0 Å². The SMILES string of the molecule is Cc1cc(-n2nnc(CN3CCC(O)CC3)c2-c2ccncc2)ccc1F. The molecule has 0 unspecified atom stereocenters. The van der Waals surface area contributed by atoms with Crippen LogP contribution in [0.3, 0.4) is 0 Å². The molecule has 0 saturated carbocycles. The summed E-state index contributed by atoms with van der Waals surface area (Å²) in [6.07, 6.45) is 4.82. The molecule has 1 fully saturated rings. The highest BCUT2D eigenvalue weighted by Crippen LogP contribution is 2.27. The number of halogens is 1. The smallest absolute Gasteiger partial charge is 0.126 e. The van der Waals surface area contributed by atoms with Crippen molar-refractivity contribution in [3.05, 3.63) is 59.8 Å². The molecule has 1 aromatic carbocycles. The summed E-state index contributed by atoms with van der Waals surface area (Å²) in [6, 6.07) is 8.79. The molecule has 0 bridgehead atoms. The van der Waals surface area contributed by atoms with E-state index >= 15 is 0 Å². The van der Waals surface area contributed by atoms with E-state index < -0.39 is 0 Å². The molecule has 2 aromatic heterocycles. The van der Waals surface area contributed by atoms with E-state index in [-0.39, 0.29) is 11.9 Å². The van der Waals surface area contributed by atoms with Crippen molar-refractivity contribution in [2.75, 3.05) is 13.1 Å². The Labute approximate surface area is 157 Å². The number of likely N-dealkylation sites (tertiary alicyclic amines) is 1. The first-order valence-electron chi connectivity index (χ1n) is 9.14. The van der Waals surface area contributed by atoms with E-state index in [4.69, 9.17) is 0 Å². The second kappa shape index (κ2) is 7.54. The predicted molar refractivity (Wildman–Crippen MR) is 99.8 cm³/mol. The van der Waals surface area contributed by atoms with Crippen molar-refractivity contribution in [3.8, 4) is 16.9 Å². The van der Waals surface area contributed by atoms with Gasteiger partial charge in [0.15, 0.2) is 0 Å². The standard InChI is InChI=1S/C20H22FN5O/c1-14-12-16(2-3-18(14)21)26-20(15-4-8-22-9-5-15)19(23-24-26)13-25-10-6-17(27)7-11-25/h2-5,8-9,12,17,27H,6-7,10-11,13H2,1H3. The molecule has 1 N–H and O–H groups in total. The van der Waals surface area contributed by atoms with Crippen LogP contribution in [-0.2, 0) is 6.54 Å². The molecular formula is C20H22FN5O. The number of piperidine rings is 1. The molecule has 0 atom stereocenters. The van der Waals surface area contributed by atoms with Crippen LogP contribution >= 0.6 is 0 Å². The van der Waals surface area contributed by atoms with Crippen molar-refractivity contribution < 1.29 is 9.50 Å². The summed E-state index contributed by atoms with van der Waals surface area (Å²) in [5.41, 5.74) is 4.04. The number of hydrogen-bond acceptors (Lipinski definition) is 5. The molecule has 27 heavy (non-hydrogen) atoms. The van der Waals surface area contributed by atoms with E-state index in [0.29, 0.717) is 12.1 Å². The number of hydrogen-bond donors (Lipinski definition) is 1. The minimum Gasteiger partial charge on any atom is -0.393 e. The van der Waals surface area contributed by atoms with Crippen LogP contribution in [0.15, 0.2) is 42.7 Å². The fourth-order valence-electron chi connectivity index (χ4n) is 3.45. The van der Waals surface area contributed by atoms with E-state index in [1.165, 1.54) is 6.07 Å². The number of aliphatic hydroxyl groups is 1. The molecule has 4 rings (SSSR count). The molecule has 1 aliphatic heterocycles. The second-order valence-electron chi connectivity index (χ2n) is 6.97. The molecule has 3 heterocycles. The van der Waals surface area contributed by atoms with Gasteiger partial charge in [0.25, 0.3) is 0 Å². The fourth-order valence-corrected chi connectivity index (χ4v) is 3.45. The third-order valence-corrected chi connectivity index (χ3v) is 5.01. The maximum Gasteiger partial charge on any atom is 0.126 e. The molecule has 0 spiro atoms. The Morgan fingerprint density at radius 3 is 2.59 bits per heavy atom. The van der Waals surface area contributed by atoms with Gasteiger partial charge in [0.2, 0.25) is 0 Å². The Kier molecular flexibility index (Phi) is 4.96. The van der Waals surface area contributed by atoms with Crippen LogP contribution in [0.1, 0.15) is 24.1 Å². The largest absolute Gasteiger partial charge is 0.393 e. The summed E-state index contributed by atoms with van der Waals surface area (Å²) in [5, 5.41) is 18.5. The highest BCUT2D eigenvalue weighted by atomic mass is 19.1. The third kappa shape index (κ3) is 3.74. The van der Waals surface area contributed by atoms with Crippen LogP contribution in [0.2, 0.25) is 0 Å². The van der Waals surface area contributed by atoms with Gasteiger partial charge in [-0.2, -0.15) is 0 Å². The van der Waals surface area contributed by atoms with E-state index in [1.807, 2.05) is 12.1 Å². The third-order valence-electron chi connectivity index (χ3n) is 5.01. The van der Waals surface area contributed by atoms with Crippen LogP contribution in [-0.4, -0.2) is 49.2 Å². The quantitative estimate of drug-likeness (QED) is 0.768. The van der Waals surface area contributed by atoms with Crippen LogP contribution < -0.4 is 0 Å². The minimum absolute atomic E-state index is 0.209. The van der Waals surface area contributed by atoms with Gasteiger partial charge in [-0.05, 0) is 55.7 Å². The fraction of sp³-hybridized carbons (Fsp3) is 0.350.